The Morgan fingerprint density at radius 2 is 1.62 bits per heavy atom. The van der Waals surface area contributed by atoms with Gasteiger partial charge < -0.3 is 10.1 Å². The standard InChI is InChI=1S/C19H31NO/c1-6-20-12-17-10-15(4)19(16(5)11-17)21-18-8-13(2)7-14(3)9-18/h10-11,13-14,18,20H,6-9,12H2,1-5H3. The van der Waals surface area contributed by atoms with Gasteiger partial charge in [0.05, 0.1) is 6.10 Å². The molecule has 2 atom stereocenters. The van der Waals surface area contributed by atoms with Gasteiger partial charge in [0.2, 0.25) is 0 Å². The van der Waals surface area contributed by atoms with Gasteiger partial charge in [-0.25, -0.2) is 0 Å². The fourth-order valence-electron chi connectivity index (χ4n) is 3.73. The third-order valence-corrected chi connectivity index (χ3v) is 4.52. The number of hydrogen-bond acceptors (Lipinski definition) is 2. The summed E-state index contributed by atoms with van der Waals surface area (Å²) in [6.07, 6.45) is 4.13. The Kier molecular flexibility index (Phi) is 5.69. The molecule has 0 aromatic heterocycles. The van der Waals surface area contributed by atoms with Crippen molar-refractivity contribution >= 4 is 0 Å². The molecule has 0 spiro atoms. The van der Waals surface area contributed by atoms with Gasteiger partial charge in [-0.1, -0.05) is 32.9 Å². The molecule has 1 aromatic carbocycles. The molecule has 0 radical (unpaired) electrons. The summed E-state index contributed by atoms with van der Waals surface area (Å²) < 4.78 is 6.40. The van der Waals surface area contributed by atoms with Crippen molar-refractivity contribution < 1.29 is 4.74 Å². The van der Waals surface area contributed by atoms with Crippen LogP contribution in [0.1, 0.15) is 56.7 Å². The van der Waals surface area contributed by atoms with E-state index in [2.05, 4.69) is 52.1 Å². The molecule has 2 rings (SSSR count). The van der Waals surface area contributed by atoms with Crippen LogP contribution < -0.4 is 10.1 Å². The van der Waals surface area contributed by atoms with Crippen LogP contribution in [-0.4, -0.2) is 12.6 Å². The summed E-state index contributed by atoms with van der Waals surface area (Å²) in [5.74, 6) is 2.68. The summed E-state index contributed by atoms with van der Waals surface area (Å²) in [5, 5.41) is 3.39. The van der Waals surface area contributed by atoms with Crippen LogP contribution in [0.15, 0.2) is 12.1 Å². The van der Waals surface area contributed by atoms with Gasteiger partial charge in [0.15, 0.2) is 0 Å². The van der Waals surface area contributed by atoms with Gasteiger partial charge in [0.1, 0.15) is 5.75 Å². The monoisotopic (exact) mass is 289 g/mol. The summed E-state index contributed by atoms with van der Waals surface area (Å²) in [7, 11) is 0. The van der Waals surface area contributed by atoms with Crippen LogP contribution in [0, 0.1) is 25.7 Å². The highest BCUT2D eigenvalue weighted by Gasteiger charge is 2.26. The first-order valence-corrected chi connectivity index (χ1v) is 8.47. The average molecular weight is 289 g/mol. The number of ether oxygens (including phenoxy) is 1. The van der Waals surface area contributed by atoms with Crippen molar-refractivity contribution in [1.82, 2.24) is 5.32 Å². The normalized spacial score (nSPS) is 25.9. The van der Waals surface area contributed by atoms with Crippen LogP contribution in [0.4, 0.5) is 0 Å². The second-order valence-corrected chi connectivity index (χ2v) is 7.00. The van der Waals surface area contributed by atoms with E-state index in [0.717, 1.165) is 30.7 Å². The van der Waals surface area contributed by atoms with E-state index in [4.69, 9.17) is 4.74 Å². The Balaban J connectivity index is 2.09. The Labute approximate surface area is 130 Å². The molecular formula is C19H31NO. The van der Waals surface area contributed by atoms with E-state index in [9.17, 15) is 0 Å². The Bertz CT molecular complexity index is 436. The molecule has 1 N–H and O–H groups in total. The summed E-state index contributed by atoms with van der Waals surface area (Å²) >= 11 is 0. The molecule has 2 unspecified atom stereocenters. The Morgan fingerprint density at radius 3 is 2.14 bits per heavy atom. The molecule has 1 saturated carbocycles. The van der Waals surface area contributed by atoms with Crippen LogP contribution in [0.25, 0.3) is 0 Å². The van der Waals surface area contributed by atoms with Gasteiger partial charge in [-0.05, 0) is 68.2 Å². The van der Waals surface area contributed by atoms with Gasteiger partial charge in [0.25, 0.3) is 0 Å². The third kappa shape index (κ3) is 4.47. The minimum atomic E-state index is 0.390. The lowest BCUT2D eigenvalue weighted by Crippen LogP contribution is -2.29. The van der Waals surface area contributed by atoms with Crippen LogP contribution in [0.3, 0.4) is 0 Å². The molecular weight excluding hydrogens is 258 g/mol. The predicted molar refractivity (Wildman–Crippen MR) is 89.9 cm³/mol. The van der Waals surface area contributed by atoms with Gasteiger partial charge >= 0.3 is 0 Å². The SMILES string of the molecule is CCNCc1cc(C)c(OC2CC(C)CC(C)C2)c(C)c1. The minimum absolute atomic E-state index is 0.390. The van der Waals surface area contributed by atoms with Crippen molar-refractivity contribution in [3.8, 4) is 5.75 Å². The zero-order chi connectivity index (χ0) is 15.4. The highest BCUT2D eigenvalue weighted by atomic mass is 16.5. The second kappa shape index (κ2) is 7.31. The maximum Gasteiger partial charge on any atom is 0.125 e. The highest BCUT2D eigenvalue weighted by Crippen LogP contribution is 2.34. The summed E-state index contributed by atoms with van der Waals surface area (Å²) in [6.45, 7) is 13.1. The number of hydrogen-bond donors (Lipinski definition) is 1. The quantitative estimate of drug-likeness (QED) is 0.854. The van der Waals surface area contributed by atoms with Gasteiger partial charge in [-0.15, -0.1) is 0 Å². The van der Waals surface area contributed by atoms with E-state index in [-0.39, 0.29) is 0 Å². The van der Waals surface area contributed by atoms with Gasteiger partial charge in [-0.3, -0.25) is 0 Å². The molecule has 1 aliphatic rings. The van der Waals surface area contributed by atoms with E-state index in [0.29, 0.717) is 6.10 Å². The largest absolute Gasteiger partial charge is 0.490 e. The van der Waals surface area contributed by atoms with Crippen molar-refractivity contribution in [2.24, 2.45) is 11.8 Å². The van der Waals surface area contributed by atoms with Crippen LogP contribution in [0.2, 0.25) is 0 Å². The lowest BCUT2D eigenvalue weighted by Gasteiger charge is -2.32. The molecule has 2 nitrogen and oxygen atoms in total. The molecule has 0 heterocycles. The lowest BCUT2D eigenvalue weighted by molar-refractivity contribution is 0.0996. The number of aryl methyl sites for hydroxylation is 2. The highest BCUT2D eigenvalue weighted by molar-refractivity contribution is 5.43. The molecule has 21 heavy (non-hydrogen) atoms. The van der Waals surface area contributed by atoms with E-state index >= 15 is 0 Å². The minimum Gasteiger partial charge on any atom is -0.490 e. The lowest BCUT2D eigenvalue weighted by atomic mass is 9.81. The molecule has 0 amide bonds. The van der Waals surface area contributed by atoms with Crippen LogP contribution in [0.5, 0.6) is 5.75 Å². The average Bonchev–Trinajstić information content (AvgIpc) is 2.39. The summed E-state index contributed by atoms with van der Waals surface area (Å²) in [5.41, 5.74) is 3.90. The predicted octanol–water partition coefficient (Wildman–Crippen LogP) is 4.62. The smallest absolute Gasteiger partial charge is 0.125 e. The molecule has 0 bridgehead atoms. The van der Waals surface area contributed by atoms with Crippen molar-refractivity contribution in [3.05, 3.63) is 28.8 Å². The summed E-state index contributed by atoms with van der Waals surface area (Å²) in [6, 6.07) is 4.53. The van der Waals surface area contributed by atoms with Crippen molar-refractivity contribution in [2.45, 2.75) is 66.5 Å². The zero-order valence-corrected chi connectivity index (χ0v) is 14.3. The first-order chi connectivity index (χ1) is 9.99. The topological polar surface area (TPSA) is 21.3 Å². The van der Waals surface area contributed by atoms with Gasteiger partial charge in [-0.2, -0.15) is 0 Å². The molecule has 118 valence electrons. The van der Waals surface area contributed by atoms with E-state index in [1.54, 1.807) is 0 Å². The van der Waals surface area contributed by atoms with Crippen LogP contribution >= 0.6 is 0 Å². The Hall–Kier alpha value is -1.02. The second-order valence-electron chi connectivity index (χ2n) is 7.00. The van der Waals surface area contributed by atoms with Crippen LogP contribution in [-0.2, 0) is 6.54 Å². The zero-order valence-electron chi connectivity index (χ0n) is 14.3. The maximum atomic E-state index is 6.40. The van der Waals surface area contributed by atoms with Crippen molar-refractivity contribution in [3.63, 3.8) is 0 Å². The molecule has 0 saturated heterocycles. The van der Waals surface area contributed by atoms with E-state index in [1.165, 1.54) is 36.0 Å². The third-order valence-electron chi connectivity index (χ3n) is 4.52. The first kappa shape index (κ1) is 16.4. The fourth-order valence-corrected chi connectivity index (χ4v) is 3.73. The first-order valence-electron chi connectivity index (χ1n) is 8.47. The van der Waals surface area contributed by atoms with Crippen molar-refractivity contribution in [2.75, 3.05) is 6.54 Å². The Morgan fingerprint density at radius 1 is 1.05 bits per heavy atom. The maximum absolute atomic E-state index is 6.40. The molecule has 0 aliphatic heterocycles. The molecule has 2 heteroatoms. The molecule has 1 aromatic rings. The van der Waals surface area contributed by atoms with E-state index in [1.807, 2.05) is 0 Å². The number of nitrogens with one attached hydrogen (secondary N) is 1. The molecule has 1 aliphatic carbocycles. The number of benzene rings is 1. The summed E-state index contributed by atoms with van der Waals surface area (Å²) in [4.78, 5) is 0. The fraction of sp³-hybridized carbons (Fsp3) is 0.684. The van der Waals surface area contributed by atoms with E-state index < -0.39 is 0 Å². The molecule has 1 fully saturated rings. The van der Waals surface area contributed by atoms with Gasteiger partial charge in [0, 0.05) is 6.54 Å². The van der Waals surface area contributed by atoms with Crippen molar-refractivity contribution in [1.29, 1.82) is 0 Å². The number of rotatable bonds is 5.